The summed E-state index contributed by atoms with van der Waals surface area (Å²) in [7, 11) is 0. The van der Waals surface area contributed by atoms with Gasteiger partial charge in [-0.2, -0.15) is 0 Å². The maximum absolute atomic E-state index is 3.49. The van der Waals surface area contributed by atoms with Crippen molar-refractivity contribution in [2.45, 2.75) is 45.1 Å². The normalized spacial score (nSPS) is 20.5. The fraction of sp³-hybridized carbons (Fsp3) is 0.667. The van der Waals surface area contributed by atoms with Gasteiger partial charge in [0.25, 0.3) is 0 Å². The smallest absolute Gasteiger partial charge is 0.0176 e. The second-order valence-corrected chi connectivity index (χ2v) is 6.52. The molecule has 0 saturated carbocycles. The molecule has 1 fully saturated rings. The third-order valence-electron chi connectivity index (χ3n) is 5.01. The Morgan fingerprint density at radius 1 is 1.10 bits per heavy atom. The van der Waals surface area contributed by atoms with Gasteiger partial charge in [0, 0.05) is 12.6 Å². The molecule has 1 heterocycles. The van der Waals surface area contributed by atoms with E-state index in [-0.39, 0.29) is 0 Å². The average Bonchev–Trinajstić information content (AvgIpc) is 2.92. The number of fused-ring (bicyclic) bond motifs is 1. The van der Waals surface area contributed by atoms with Gasteiger partial charge in [-0.1, -0.05) is 31.2 Å². The zero-order valence-corrected chi connectivity index (χ0v) is 12.8. The Balaban J connectivity index is 1.62. The van der Waals surface area contributed by atoms with Gasteiger partial charge in [0.2, 0.25) is 0 Å². The minimum atomic E-state index is 0.752. The Labute approximate surface area is 123 Å². The number of piperidine rings is 1. The van der Waals surface area contributed by atoms with Gasteiger partial charge in [-0.25, -0.2) is 0 Å². The lowest BCUT2D eigenvalue weighted by Crippen LogP contribution is -2.42. The molecule has 0 spiro atoms. The third kappa shape index (κ3) is 3.24. The standard InChI is InChI=1S/C18H28N2/c1-2-11-20(14-15-7-9-19-10-8-15)18-12-16-5-3-4-6-17(16)13-18/h3-6,15,18-19H,2,7-14H2,1H3. The molecule has 2 heteroatoms. The highest BCUT2D eigenvalue weighted by atomic mass is 15.2. The molecule has 1 aromatic rings. The first-order chi connectivity index (χ1) is 9.86. The maximum Gasteiger partial charge on any atom is 0.0176 e. The molecule has 0 aromatic heterocycles. The lowest BCUT2D eigenvalue weighted by molar-refractivity contribution is 0.155. The Bertz CT molecular complexity index is 398. The topological polar surface area (TPSA) is 15.3 Å². The highest BCUT2D eigenvalue weighted by Crippen LogP contribution is 2.27. The summed E-state index contributed by atoms with van der Waals surface area (Å²) in [5.41, 5.74) is 3.17. The van der Waals surface area contributed by atoms with Gasteiger partial charge in [0.15, 0.2) is 0 Å². The second kappa shape index (κ2) is 6.73. The summed E-state index contributed by atoms with van der Waals surface area (Å²) in [5, 5.41) is 3.49. The first-order valence-corrected chi connectivity index (χ1v) is 8.38. The lowest BCUT2D eigenvalue weighted by atomic mass is 9.96. The van der Waals surface area contributed by atoms with Gasteiger partial charge in [-0.3, -0.25) is 4.90 Å². The molecule has 0 radical (unpaired) electrons. The van der Waals surface area contributed by atoms with Crippen LogP contribution in [0.15, 0.2) is 24.3 Å². The van der Waals surface area contributed by atoms with Crippen molar-refractivity contribution < 1.29 is 0 Å². The van der Waals surface area contributed by atoms with E-state index in [0.717, 1.165) is 12.0 Å². The highest BCUT2D eigenvalue weighted by molar-refractivity contribution is 5.33. The first kappa shape index (κ1) is 14.1. The van der Waals surface area contributed by atoms with Gasteiger partial charge in [-0.05, 0) is 68.8 Å². The van der Waals surface area contributed by atoms with Crippen molar-refractivity contribution in [3.05, 3.63) is 35.4 Å². The van der Waals surface area contributed by atoms with Crippen LogP contribution in [0.25, 0.3) is 0 Å². The van der Waals surface area contributed by atoms with E-state index in [1.54, 1.807) is 11.1 Å². The molecule has 0 atom stereocenters. The molecule has 1 aliphatic heterocycles. The molecular weight excluding hydrogens is 244 g/mol. The van der Waals surface area contributed by atoms with E-state index in [0.29, 0.717) is 0 Å². The first-order valence-electron chi connectivity index (χ1n) is 8.38. The summed E-state index contributed by atoms with van der Waals surface area (Å²) < 4.78 is 0. The monoisotopic (exact) mass is 272 g/mol. The van der Waals surface area contributed by atoms with E-state index < -0.39 is 0 Å². The van der Waals surface area contributed by atoms with Crippen molar-refractivity contribution in [1.82, 2.24) is 10.2 Å². The molecule has 1 N–H and O–H groups in total. The van der Waals surface area contributed by atoms with Crippen LogP contribution in [0.4, 0.5) is 0 Å². The molecule has 0 amide bonds. The number of hydrogen-bond donors (Lipinski definition) is 1. The number of hydrogen-bond acceptors (Lipinski definition) is 2. The van der Waals surface area contributed by atoms with Crippen LogP contribution < -0.4 is 5.32 Å². The summed E-state index contributed by atoms with van der Waals surface area (Å²) in [6.07, 6.45) is 6.53. The van der Waals surface area contributed by atoms with Crippen molar-refractivity contribution in [1.29, 1.82) is 0 Å². The fourth-order valence-corrected chi connectivity index (χ4v) is 3.90. The van der Waals surface area contributed by atoms with Gasteiger partial charge < -0.3 is 5.32 Å². The largest absolute Gasteiger partial charge is 0.317 e. The number of nitrogens with one attached hydrogen (secondary N) is 1. The van der Waals surface area contributed by atoms with E-state index in [1.807, 2.05) is 0 Å². The quantitative estimate of drug-likeness (QED) is 0.886. The Morgan fingerprint density at radius 2 is 1.75 bits per heavy atom. The predicted octanol–water partition coefficient (Wildman–Crippen LogP) is 2.87. The van der Waals surface area contributed by atoms with Crippen LogP contribution >= 0.6 is 0 Å². The maximum atomic E-state index is 3.49. The van der Waals surface area contributed by atoms with Crippen molar-refractivity contribution in [3.63, 3.8) is 0 Å². The molecule has 1 saturated heterocycles. The van der Waals surface area contributed by atoms with Gasteiger partial charge in [0.1, 0.15) is 0 Å². The van der Waals surface area contributed by atoms with E-state index in [1.165, 1.54) is 58.3 Å². The minimum Gasteiger partial charge on any atom is -0.317 e. The van der Waals surface area contributed by atoms with Crippen LogP contribution in [0.3, 0.4) is 0 Å². The molecule has 1 aromatic carbocycles. The van der Waals surface area contributed by atoms with Crippen molar-refractivity contribution in [3.8, 4) is 0 Å². The predicted molar refractivity (Wildman–Crippen MR) is 85.1 cm³/mol. The van der Waals surface area contributed by atoms with Gasteiger partial charge in [0.05, 0.1) is 0 Å². The molecule has 110 valence electrons. The molecule has 1 aliphatic carbocycles. The van der Waals surface area contributed by atoms with Gasteiger partial charge >= 0.3 is 0 Å². The zero-order chi connectivity index (χ0) is 13.8. The number of nitrogens with zero attached hydrogens (tertiary/aromatic N) is 1. The number of rotatable bonds is 5. The summed E-state index contributed by atoms with van der Waals surface area (Å²) >= 11 is 0. The van der Waals surface area contributed by atoms with E-state index >= 15 is 0 Å². The van der Waals surface area contributed by atoms with E-state index in [2.05, 4.69) is 41.4 Å². The van der Waals surface area contributed by atoms with Crippen LogP contribution in [0.5, 0.6) is 0 Å². The zero-order valence-electron chi connectivity index (χ0n) is 12.8. The molecule has 0 bridgehead atoms. The summed E-state index contributed by atoms with van der Waals surface area (Å²) in [6, 6.07) is 9.78. The highest BCUT2D eigenvalue weighted by Gasteiger charge is 2.28. The summed E-state index contributed by atoms with van der Waals surface area (Å²) in [4.78, 5) is 2.79. The molecule has 3 rings (SSSR count). The molecule has 20 heavy (non-hydrogen) atoms. The van der Waals surface area contributed by atoms with E-state index in [4.69, 9.17) is 0 Å². The SMILES string of the molecule is CCCN(CC1CCNCC1)C1Cc2ccccc2C1. The van der Waals surface area contributed by atoms with Crippen LogP contribution in [0.2, 0.25) is 0 Å². The van der Waals surface area contributed by atoms with Crippen LogP contribution in [-0.2, 0) is 12.8 Å². The van der Waals surface area contributed by atoms with Crippen molar-refractivity contribution >= 4 is 0 Å². The van der Waals surface area contributed by atoms with Crippen LogP contribution in [-0.4, -0.2) is 37.1 Å². The molecular formula is C18H28N2. The minimum absolute atomic E-state index is 0.752. The Hall–Kier alpha value is -0.860. The third-order valence-corrected chi connectivity index (χ3v) is 5.01. The molecule has 0 unspecified atom stereocenters. The van der Waals surface area contributed by atoms with E-state index in [9.17, 15) is 0 Å². The van der Waals surface area contributed by atoms with Crippen molar-refractivity contribution in [2.24, 2.45) is 5.92 Å². The lowest BCUT2D eigenvalue weighted by Gasteiger charge is -2.34. The summed E-state index contributed by atoms with van der Waals surface area (Å²) in [5.74, 6) is 0.909. The molecule has 2 aliphatic rings. The Morgan fingerprint density at radius 3 is 2.35 bits per heavy atom. The van der Waals surface area contributed by atoms with Crippen LogP contribution in [0.1, 0.15) is 37.3 Å². The summed E-state index contributed by atoms with van der Waals surface area (Å²) in [6.45, 7) is 7.33. The Kier molecular flexibility index (Phi) is 4.74. The average molecular weight is 272 g/mol. The van der Waals surface area contributed by atoms with Gasteiger partial charge in [-0.15, -0.1) is 0 Å². The molecule has 2 nitrogen and oxygen atoms in total. The fourth-order valence-electron chi connectivity index (χ4n) is 3.90. The van der Waals surface area contributed by atoms with Crippen LogP contribution in [0, 0.1) is 5.92 Å². The number of benzene rings is 1. The second-order valence-electron chi connectivity index (χ2n) is 6.52. The van der Waals surface area contributed by atoms with Crippen molar-refractivity contribution in [2.75, 3.05) is 26.2 Å².